The van der Waals surface area contributed by atoms with E-state index in [0.717, 1.165) is 11.1 Å². The summed E-state index contributed by atoms with van der Waals surface area (Å²) in [5.41, 5.74) is 4.57. The summed E-state index contributed by atoms with van der Waals surface area (Å²) in [5.74, 6) is 1.20. The van der Waals surface area contributed by atoms with Crippen molar-refractivity contribution in [2.75, 3.05) is 62.7 Å². The van der Waals surface area contributed by atoms with Gasteiger partial charge in [0.05, 0.1) is 31.0 Å². The first-order valence-electron chi connectivity index (χ1n) is 14.1. The lowest BCUT2D eigenvalue weighted by Crippen LogP contribution is -2.55. The van der Waals surface area contributed by atoms with Crippen LogP contribution in [0.25, 0.3) is 11.2 Å². The first-order chi connectivity index (χ1) is 20.4. The molecular weight excluding hydrogens is 538 g/mol. The van der Waals surface area contributed by atoms with Crippen molar-refractivity contribution >= 4 is 34.6 Å². The van der Waals surface area contributed by atoms with Crippen LogP contribution >= 0.6 is 0 Å². The molecule has 6 rings (SSSR count). The molecule has 218 valence electrons. The number of piperazine rings is 1. The summed E-state index contributed by atoms with van der Waals surface area (Å²) >= 11 is 0. The molecule has 2 aliphatic heterocycles. The van der Waals surface area contributed by atoms with Gasteiger partial charge in [-0.15, -0.1) is 0 Å². The molecule has 0 aliphatic carbocycles. The highest BCUT2D eigenvalue weighted by molar-refractivity contribution is 5.84. The van der Waals surface area contributed by atoms with Gasteiger partial charge in [0.15, 0.2) is 17.0 Å². The van der Waals surface area contributed by atoms with Crippen LogP contribution in [-0.4, -0.2) is 92.8 Å². The highest BCUT2D eigenvalue weighted by atomic mass is 16.6. The molecule has 13 nitrogen and oxygen atoms in total. The smallest absolute Gasteiger partial charge is 0.320 e. The van der Waals surface area contributed by atoms with Gasteiger partial charge in [0.2, 0.25) is 5.95 Å². The predicted molar refractivity (Wildman–Crippen MR) is 158 cm³/mol. The molecule has 0 spiro atoms. The number of aromatic nitrogens is 4. The lowest BCUT2D eigenvalue weighted by molar-refractivity contribution is -0.384. The van der Waals surface area contributed by atoms with E-state index in [1.807, 2.05) is 14.4 Å². The number of aryl methyl sites for hydroxylation is 1. The number of urea groups is 1. The summed E-state index contributed by atoms with van der Waals surface area (Å²) in [6.07, 6.45) is 1.72. The Morgan fingerprint density at radius 1 is 0.929 bits per heavy atom. The summed E-state index contributed by atoms with van der Waals surface area (Å²) < 4.78 is 7.32. The molecule has 2 saturated heterocycles. The van der Waals surface area contributed by atoms with Crippen molar-refractivity contribution in [2.24, 2.45) is 0 Å². The van der Waals surface area contributed by atoms with Gasteiger partial charge in [-0.3, -0.25) is 10.1 Å². The molecule has 0 unspecified atom stereocenters. The third-order valence-electron chi connectivity index (χ3n) is 7.65. The van der Waals surface area contributed by atoms with E-state index >= 15 is 0 Å². The highest BCUT2D eigenvalue weighted by Crippen LogP contribution is 2.25. The quantitative estimate of drug-likeness (QED) is 0.262. The number of morpholine rings is 1. The number of ether oxygens (including phenoxy) is 1. The zero-order valence-electron chi connectivity index (χ0n) is 23.5. The van der Waals surface area contributed by atoms with E-state index in [9.17, 15) is 14.9 Å². The van der Waals surface area contributed by atoms with Crippen LogP contribution in [0.15, 0.2) is 54.9 Å². The topological polar surface area (TPSA) is 135 Å². The second-order valence-electron chi connectivity index (χ2n) is 10.5. The zero-order chi connectivity index (χ0) is 29.1. The Morgan fingerprint density at radius 2 is 1.60 bits per heavy atom. The number of nitro groups is 1. The Morgan fingerprint density at radius 3 is 2.29 bits per heavy atom. The van der Waals surface area contributed by atoms with Gasteiger partial charge in [-0.25, -0.2) is 9.78 Å². The number of nitrogens with zero attached hydrogens (tertiary/aromatic N) is 8. The van der Waals surface area contributed by atoms with Gasteiger partial charge in [0.25, 0.3) is 5.69 Å². The fourth-order valence-electron chi connectivity index (χ4n) is 5.18. The molecule has 0 radical (unpaired) electrons. The SMILES string of the molecule is Cc1ccc(CNc2nc(N3CCN(C(=O)N4CCOCC4)CC3)nc3c2ncn3Cc2ccc([N+](=O)[O-])cc2)cc1. The lowest BCUT2D eigenvalue weighted by atomic mass is 10.1. The summed E-state index contributed by atoms with van der Waals surface area (Å²) in [6, 6.07) is 14.9. The molecule has 4 heterocycles. The number of imidazole rings is 1. The Hall–Kier alpha value is -4.78. The number of carbonyl (C=O) groups excluding carboxylic acids is 1. The Bertz CT molecular complexity index is 1560. The van der Waals surface area contributed by atoms with Crippen LogP contribution in [0.4, 0.5) is 22.2 Å². The van der Waals surface area contributed by atoms with Gasteiger partial charge in [0.1, 0.15) is 0 Å². The molecule has 2 aromatic heterocycles. The molecule has 42 heavy (non-hydrogen) atoms. The highest BCUT2D eigenvalue weighted by Gasteiger charge is 2.28. The van der Waals surface area contributed by atoms with Crippen molar-refractivity contribution < 1.29 is 14.5 Å². The fraction of sp³-hybridized carbons (Fsp3) is 0.379. The van der Waals surface area contributed by atoms with Gasteiger partial charge in [-0.2, -0.15) is 9.97 Å². The van der Waals surface area contributed by atoms with Crippen molar-refractivity contribution in [3.05, 3.63) is 81.7 Å². The number of fused-ring (bicyclic) bond motifs is 1. The largest absolute Gasteiger partial charge is 0.378 e. The van der Waals surface area contributed by atoms with Gasteiger partial charge < -0.3 is 29.3 Å². The number of carbonyl (C=O) groups is 1. The summed E-state index contributed by atoms with van der Waals surface area (Å²) in [4.78, 5) is 44.0. The number of anilines is 2. The van der Waals surface area contributed by atoms with Crippen molar-refractivity contribution in [1.82, 2.24) is 29.3 Å². The van der Waals surface area contributed by atoms with E-state index in [1.165, 1.54) is 17.7 Å². The van der Waals surface area contributed by atoms with E-state index in [1.54, 1.807) is 18.5 Å². The molecular formula is C29H33N9O4. The van der Waals surface area contributed by atoms with E-state index in [0.29, 0.717) is 88.5 Å². The Balaban J connectivity index is 1.25. The van der Waals surface area contributed by atoms with Gasteiger partial charge in [-0.1, -0.05) is 42.0 Å². The van der Waals surface area contributed by atoms with Crippen LogP contribution < -0.4 is 10.2 Å². The maximum Gasteiger partial charge on any atom is 0.320 e. The molecule has 2 aliphatic rings. The molecule has 1 N–H and O–H groups in total. The minimum Gasteiger partial charge on any atom is -0.378 e. The predicted octanol–water partition coefficient (Wildman–Crippen LogP) is 3.28. The normalized spacial score (nSPS) is 15.7. The van der Waals surface area contributed by atoms with Crippen molar-refractivity contribution in [3.63, 3.8) is 0 Å². The molecule has 2 fully saturated rings. The first-order valence-corrected chi connectivity index (χ1v) is 14.1. The van der Waals surface area contributed by atoms with Crippen molar-refractivity contribution in [1.29, 1.82) is 0 Å². The molecule has 0 bridgehead atoms. The number of nitrogens with one attached hydrogen (secondary N) is 1. The minimum atomic E-state index is -0.407. The van der Waals surface area contributed by atoms with Crippen molar-refractivity contribution in [3.8, 4) is 0 Å². The van der Waals surface area contributed by atoms with Crippen LogP contribution in [-0.2, 0) is 17.8 Å². The number of rotatable bonds is 7. The average Bonchev–Trinajstić information content (AvgIpc) is 3.43. The molecule has 13 heteroatoms. The summed E-state index contributed by atoms with van der Waals surface area (Å²) in [6.45, 7) is 7.83. The van der Waals surface area contributed by atoms with Crippen LogP contribution in [0.1, 0.15) is 16.7 Å². The van der Waals surface area contributed by atoms with Crippen LogP contribution in [0.5, 0.6) is 0 Å². The zero-order valence-corrected chi connectivity index (χ0v) is 23.5. The summed E-state index contributed by atoms with van der Waals surface area (Å²) in [7, 11) is 0. The van der Waals surface area contributed by atoms with Gasteiger partial charge in [-0.05, 0) is 18.1 Å². The second kappa shape index (κ2) is 12.0. The number of hydrogen-bond acceptors (Lipinski definition) is 9. The number of non-ortho nitro benzene ring substituents is 1. The Labute approximate surface area is 242 Å². The monoisotopic (exact) mass is 571 g/mol. The maximum atomic E-state index is 13.0. The average molecular weight is 572 g/mol. The van der Waals surface area contributed by atoms with E-state index in [4.69, 9.17) is 14.7 Å². The standard InChI is InChI=1S/C29H33N9O4/c1-21-2-4-22(5-3-21)18-30-26-25-27(37(20-31-25)19-23-6-8-24(9-7-23)38(40)41)33-28(32-26)34-10-12-35(13-11-34)29(39)36-14-16-42-17-15-36/h2-9,20H,10-19H2,1H3,(H,30,32,33). The number of hydrogen-bond donors (Lipinski definition) is 1. The second-order valence-corrected chi connectivity index (χ2v) is 10.5. The van der Waals surface area contributed by atoms with Crippen LogP contribution in [0.3, 0.4) is 0 Å². The molecule has 4 aromatic rings. The maximum absolute atomic E-state index is 13.0. The van der Waals surface area contributed by atoms with E-state index in [-0.39, 0.29) is 11.7 Å². The van der Waals surface area contributed by atoms with E-state index < -0.39 is 4.92 Å². The molecule has 0 atom stereocenters. The number of amides is 2. The molecule has 2 aromatic carbocycles. The van der Waals surface area contributed by atoms with Crippen molar-refractivity contribution in [2.45, 2.75) is 20.0 Å². The minimum absolute atomic E-state index is 0.0488. The number of nitro benzene ring substituents is 1. The molecule has 0 saturated carbocycles. The van der Waals surface area contributed by atoms with Gasteiger partial charge in [0, 0.05) is 57.9 Å². The summed E-state index contributed by atoms with van der Waals surface area (Å²) in [5, 5.41) is 14.5. The lowest BCUT2D eigenvalue weighted by Gasteiger charge is -2.38. The van der Waals surface area contributed by atoms with Crippen LogP contribution in [0, 0.1) is 17.0 Å². The third-order valence-corrected chi connectivity index (χ3v) is 7.65. The number of benzene rings is 2. The first kappa shape index (κ1) is 27.4. The third kappa shape index (κ3) is 5.96. The molecule has 2 amide bonds. The Kier molecular flexibility index (Phi) is 7.82. The fourth-order valence-corrected chi connectivity index (χ4v) is 5.18. The van der Waals surface area contributed by atoms with Gasteiger partial charge >= 0.3 is 6.03 Å². The van der Waals surface area contributed by atoms with Crippen LogP contribution in [0.2, 0.25) is 0 Å². The van der Waals surface area contributed by atoms with E-state index in [2.05, 4.69) is 46.4 Å².